The minimum Gasteiger partial charge on any atom is -0.381 e. The molecule has 0 unspecified atom stereocenters. The molecule has 0 spiro atoms. The first-order valence-electron chi connectivity index (χ1n) is 5.38. The second-order valence-electron chi connectivity index (χ2n) is 4.99. The van der Waals surface area contributed by atoms with Crippen molar-refractivity contribution in [2.45, 2.75) is 31.1 Å². The zero-order chi connectivity index (χ0) is 13.5. The van der Waals surface area contributed by atoms with Crippen LogP contribution < -0.4 is 10.5 Å². The highest BCUT2D eigenvalue weighted by Gasteiger charge is 2.21. The van der Waals surface area contributed by atoms with E-state index in [0.29, 0.717) is 0 Å². The molecule has 1 aromatic heterocycles. The standard InChI is InChI=1S/C12H14N2O2S2/c1-12(2,3)7-4-6(17)5-8-9(7)14-11(18-8)16-10(13)15/h4-5,17H,1-3H3,(H2,13,15). The van der Waals surface area contributed by atoms with Gasteiger partial charge in [-0.3, -0.25) is 0 Å². The van der Waals surface area contributed by atoms with Crippen molar-refractivity contribution in [1.82, 2.24) is 4.98 Å². The quantitative estimate of drug-likeness (QED) is 0.788. The molecular formula is C12H14N2O2S2. The van der Waals surface area contributed by atoms with Gasteiger partial charge in [0.25, 0.3) is 5.19 Å². The average molecular weight is 282 g/mol. The van der Waals surface area contributed by atoms with Gasteiger partial charge < -0.3 is 10.5 Å². The van der Waals surface area contributed by atoms with Crippen LogP contribution >= 0.6 is 24.0 Å². The van der Waals surface area contributed by atoms with E-state index in [2.05, 4.69) is 38.4 Å². The van der Waals surface area contributed by atoms with E-state index in [1.165, 1.54) is 11.3 Å². The van der Waals surface area contributed by atoms with Gasteiger partial charge in [0.2, 0.25) is 0 Å². The van der Waals surface area contributed by atoms with Crippen molar-refractivity contribution in [1.29, 1.82) is 0 Å². The molecule has 2 N–H and O–H groups in total. The lowest BCUT2D eigenvalue weighted by Gasteiger charge is -2.19. The number of hydrogen-bond acceptors (Lipinski definition) is 5. The number of ether oxygens (including phenoxy) is 1. The molecule has 0 aliphatic heterocycles. The molecule has 0 fully saturated rings. The first kappa shape index (κ1) is 13.2. The molecule has 0 saturated carbocycles. The molecule has 0 aliphatic rings. The molecule has 1 amide bonds. The normalized spacial score (nSPS) is 11.8. The molecule has 4 nitrogen and oxygen atoms in total. The fourth-order valence-electron chi connectivity index (χ4n) is 1.70. The Morgan fingerprint density at radius 2 is 2.11 bits per heavy atom. The van der Waals surface area contributed by atoms with Gasteiger partial charge in [-0.15, -0.1) is 12.6 Å². The van der Waals surface area contributed by atoms with Crippen LogP contribution in [-0.4, -0.2) is 11.1 Å². The highest BCUT2D eigenvalue weighted by atomic mass is 32.1. The Balaban J connectivity index is 2.64. The van der Waals surface area contributed by atoms with Gasteiger partial charge in [-0.2, -0.15) is 0 Å². The third kappa shape index (κ3) is 2.59. The number of primary amides is 1. The van der Waals surface area contributed by atoms with E-state index in [1.54, 1.807) is 0 Å². The topological polar surface area (TPSA) is 65.2 Å². The summed E-state index contributed by atoms with van der Waals surface area (Å²) < 4.78 is 5.76. The third-order valence-corrected chi connectivity index (χ3v) is 3.59. The molecule has 1 aromatic carbocycles. The lowest BCUT2D eigenvalue weighted by Crippen LogP contribution is -2.16. The molecule has 0 bridgehead atoms. The van der Waals surface area contributed by atoms with Crippen LogP contribution in [0.15, 0.2) is 17.0 Å². The maximum absolute atomic E-state index is 10.7. The van der Waals surface area contributed by atoms with Crippen molar-refractivity contribution < 1.29 is 9.53 Å². The minimum absolute atomic E-state index is 0.0605. The Labute approximate surface area is 115 Å². The molecule has 18 heavy (non-hydrogen) atoms. The van der Waals surface area contributed by atoms with Crippen LogP contribution in [0, 0.1) is 0 Å². The van der Waals surface area contributed by atoms with E-state index in [-0.39, 0.29) is 10.6 Å². The number of thiazole rings is 1. The monoisotopic (exact) mass is 282 g/mol. The molecule has 0 radical (unpaired) electrons. The van der Waals surface area contributed by atoms with Crippen molar-refractivity contribution in [2.75, 3.05) is 0 Å². The molecule has 2 aromatic rings. The van der Waals surface area contributed by atoms with Crippen molar-refractivity contribution in [3.05, 3.63) is 17.7 Å². The predicted molar refractivity (Wildman–Crippen MR) is 75.8 cm³/mol. The molecule has 0 saturated heterocycles. The van der Waals surface area contributed by atoms with E-state index < -0.39 is 6.09 Å². The highest BCUT2D eigenvalue weighted by Crippen LogP contribution is 2.37. The van der Waals surface area contributed by atoms with Gasteiger partial charge in [0.15, 0.2) is 0 Å². The van der Waals surface area contributed by atoms with Gasteiger partial charge in [-0.1, -0.05) is 32.1 Å². The predicted octanol–water partition coefficient (Wildman–Crippen LogP) is 3.34. The summed E-state index contributed by atoms with van der Waals surface area (Å²) in [6, 6.07) is 3.89. The zero-order valence-corrected chi connectivity index (χ0v) is 12.1. The maximum atomic E-state index is 10.7. The number of benzene rings is 1. The molecule has 0 aliphatic carbocycles. The van der Waals surface area contributed by atoms with E-state index >= 15 is 0 Å². The van der Waals surface area contributed by atoms with E-state index in [9.17, 15) is 4.79 Å². The van der Waals surface area contributed by atoms with Gasteiger partial charge >= 0.3 is 6.09 Å². The lowest BCUT2D eigenvalue weighted by atomic mass is 9.86. The Kier molecular flexibility index (Phi) is 3.25. The summed E-state index contributed by atoms with van der Waals surface area (Å²) in [7, 11) is 0. The van der Waals surface area contributed by atoms with Crippen molar-refractivity contribution in [3.63, 3.8) is 0 Å². The Hall–Kier alpha value is -1.27. The van der Waals surface area contributed by atoms with Gasteiger partial charge in [0.1, 0.15) is 0 Å². The number of aromatic nitrogens is 1. The number of thiol groups is 1. The fraction of sp³-hybridized carbons (Fsp3) is 0.333. The summed E-state index contributed by atoms with van der Waals surface area (Å²) in [5.74, 6) is 0. The molecule has 6 heteroatoms. The number of hydrogen-bond donors (Lipinski definition) is 2. The number of carbonyl (C=O) groups is 1. The smallest absolute Gasteiger partial charge is 0.381 e. The molecule has 1 heterocycles. The Morgan fingerprint density at radius 1 is 1.44 bits per heavy atom. The van der Waals surface area contributed by atoms with E-state index in [4.69, 9.17) is 10.5 Å². The highest BCUT2D eigenvalue weighted by molar-refractivity contribution is 7.80. The number of fused-ring (bicyclic) bond motifs is 1. The molecule has 2 rings (SSSR count). The summed E-state index contributed by atoms with van der Waals surface area (Å²) in [6.07, 6.45) is -0.850. The maximum Gasteiger partial charge on any atom is 0.411 e. The average Bonchev–Trinajstić information content (AvgIpc) is 2.55. The van der Waals surface area contributed by atoms with Gasteiger partial charge in [-0.05, 0) is 23.1 Å². The number of nitrogens with two attached hydrogens (primary N) is 1. The second-order valence-corrected chi connectivity index (χ2v) is 6.50. The number of nitrogens with zero attached hydrogens (tertiary/aromatic N) is 1. The Morgan fingerprint density at radius 3 is 2.67 bits per heavy atom. The second kappa shape index (κ2) is 4.44. The Bertz CT molecular complexity index is 614. The summed E-state index contributed by atoms with van der Waals surface area (Å²) in [5.41, 5.74) is 6.83. The summed E-state index contributed by atoms with van der Waals surface area (Å²) in [4.78, 5) is 15.9. The zero-order valence-electron chi connectivity index (χ0n) is 10.4. The van der Waals surface area contributed by atoms with Crippen molar-refractivity contribution in [2.24, 2.45) is 5.73 Å². The van der Waals surface area contributed by atoms with E-state index in [0.717, 1.165) is 20.7 Å². The number of amides is 1. The molecule has 96 valence electrons. The van der Waals surface area contributed by atoms with E-state index in [1.807, 2.05) is 12.1 Å². The van der Waals surface area contributed by atoms with Crippen LogP contribution in [0.25, 0.3) is 10.2 Å². The molecule has 0 atom stereocenters. The molecular weight excluding hydrogens is 268 g/mol. The van der Waals surface area contributed by atoms with Crippen LogP contribution in [0.3, 0.4) is 0 Å². The van der Waals surface area contributed by atoms with Crippen LogP contribution in [0.5, 0.6) is 5.19 Å². The fourth-order valence-corrected chi connectivity index (χ4v) is 2.93. The van der Waals surface area contributed by atoms with Gasteiger partial charge in [-0.25, -0.2) is 9.78 Å². The first-order chi connectivity index (χ1) is 8.27. The minimum atomic E-state index is -0.850. The number of rotatable bonds is 1. The summed E-state index contributed by atoms with van der Waals surface area (Å²) >= 11 is 5.67. The van der Waals surface area contributed by atoms with Crippen LogP contribution in [0.2, 0.25) is 0 Å². The summed E-state index contributed by atoms with van der Waals surface area (Å²) in [6.45, 7) is 6.30. The summed E-state index contributed by atoms with van der Waals surface area (Å²) in [5, 5.41) is 0.266. The first-order valence-corrected chi connectivity index (χ1v) is 6.65. The van der Waals surface area contributed by atoms with Crippen LogP contribution in [0.1, 0.15) is 26.3 Å². The lowest BCUT2D eigenvalue weighted by molar-refractivity contribution is 0.211. The van der Waals surface area contributed by atoms with Crippen molar-refractivity contribution in [3.8, 4) is 5.19 Å². The van der Waals surface area contributed by atoms with Crippen molar-refractivity contribution >= 4 is 40.3 Å². The SMILES string of the molecule is CC(C)(C)c1cc(S)cc2sc(OC(N)=O)nc12. The van der Waals surface area contributed by atoms with Gasteiger partial charge in [0.05, 0.1) is 10.2 Å². The largest absolute Gasteiger partial charge is 0.411 e. The van der Waals surface area contributed by atoms with Gasteiger partial charge in [0, 0.05) is 4.90 Å². The van der Waals surface area contributed by atoms with Crippen LogP contribution in [0.4, 0.5) is 4.79 Å². The van der Waals surface area contributed by atoms with Crippen LogP contribution in [-0.2, 0) is 5.41 Å². The number of carbonyl (C=O) groups excluding carboxylic acids is 1. The third-order valence-electron chi connectivity index (χ3n) is 2.46.